The third kappa shape index (κ3) is 4.08. The smallest absolute Gasteiger partial charge is 0.140 e. The summed E-state index contributed by atoms with van der Waals surface area (Å²) in [5, 5.41) is 0.494. The number of hydrogen-bond donors (Lipinski definition) is 0. The van der Waals surface area contributed by atoms with Gasteiger partial charge in [-0.15, -0.1) is 0 Å². The summed E-state index contributed by atoms with van der Waals surface area (Å²) in [6.45, 7) is 13.5. The number of pyridine rings is 1. The van der Waals surface area contributed by atoms with E-state index in [4.69, 9.17) is 11.6 Å². The van der Waals surface area contributed by atoms with Gasteiger partial charge in [-0.1, -0.05) is 65.3 Å². The van der Waals surface area contributed by atoms with Crippen LogP contribution in [0, 0.1) is 0 Å². The zero-order valence-electron chi connectivity index (χ0n) is 17.0. The third-order valence-corrected chi connectivity index (χ3v) is 5.16. The van der Waals surface area contributed by atoms with E-state index in [0.717, 1.165) is 11.4 Å². The van der Waals surface area contributed by atoms with Crippen LogP contribution < -0.4 is 0 Å². The van der Waals surface area contributed by atoms with Gasteiger partial charge in [-0.05, 0) is 57.7 Å². The van der Waals surface area contributed by atoms with E-state index in [-0.39, 0.29) is 0 Å². The predicted octanol–water partition coefficient (Wildman–Crippen LogP) is 6.96. The largest absolute Gasteiger partial charge is 0.290 e. The number of rotatable bonds is 5. The molecular weight excluding hydrogens is 354 g/mol. The molecule has 3 nitrogen and oxygen atoms in total. The van der Waals surface area contributed by atoms with Crippen molar-refractivity contribution in [3.63, 3.8) is 0 Å². The van der Waals surface area contributed by atoms with Crippen molar-refractivity contribution in [2.24, 2.45) is 0 Å². The van der Waals surface area contributed by atoms with Crippen LogP contribution in [0.4, 0.5) is 0 Å². The van der Waals surface area contributed by atoms with E-state index in [9.17, 15) is 0 Å². The molecule has 0 amide bonds. The Morgan fingerprint density at radius 2 is 1.48 bits per heavy atom. The second-order valence-corrected chi connectivity index (χ2v) is 8.43. The molecule has 0 saturated heterocycles. The van der Waals surface area contributed by atoms with Crippen molar-refractivity contribution in [3.8, 4) is 16.9 Å². The first kappa shape index (κ1) is 19.6. The van der Waals surface area contributed by atoms with Crippen LogP contribution in [0.25, 0.3) is 16.9 Å². The number of halogens is 1. The molecule has 1 aromatic carbocycles. The number of nitrogens with zero attached hydrogens (tertiary/aromatic N) is 3. The van der Waals surface area contributed by atoms with Crippen molar-refractivity contribution in [2.45, 2.75) is 59.3 Å². The summed E-state index contributed by atoms with van der Waals surface area (Å²) in [5.74, 6) is 2.11. The summed E-state index contributed by atoms with van der Waals surface area (Å²) >= 11 is 6.42. The summed E-state index contributed by atoms with van der Waals surface area (Å²) in [4.78, 5) is 8.62. The van der Waals surface area contributed by atoms with E-state index in [1.807, 2.05) is 16.8 Å². The maximum Gasteiger partial charge on any atom is 0.140 e. The lowest BCUT2D eigenvalue weighted by Crippen LogP contribution is -2.04. The highest BCUT2D eigenvalue weighted by atomic mass is 35.5. The van der Waals surface area contributed by atoms with Crippen molar-refractivity contribution in [1.29, 1.82) is 0 Å². The zero-order chi connectivity index (χ0) is 19.7. The van der Waals surface area contributed by atoms with Crippen LogP contribution in [0.15, 0.2) is 43.0 Å². The Morgan fingerprint density at radius 1 is 0.852 bits per heavy atom. The molecule has 3 aromatic rings. The van der Waals surface area contributed by atoms with Gasteiger partial charge in [0.2, 0.25) is 0 Å². The Kier molecular flexibility index (Phi) is 5.71. The van der Waals surface area contributed by atoms with E-state index in [1.54, 1.807) is 12.5 Å². The van der Waals surface area contributed by atoms with Gasteiger partial charge in [0.15, 0.2) is 0 Å². The van der Waals surface area contributed by atoms with Crippen LogP contribution in [0.2, 0.25) is 5.15 Å². The Balaban J connectivity index is 2.30. The lowest BCUT2D eigenvalue weighted by Gasteiger charge is -2.23. The van der Waals surface area contributed by atoms with Gasteiger partial charge in [0.05, 0.1) is 0 Å². The molecule has 0 bridgehead atoms. The van der Waals surface area contributed by atoms with Gasteiger partial charge in [-0.25, -0.2) is 9.97 Å². The quantitative estimate of drug-likeness (QED) is 0.447. The molecule has 0 aliphatic rings. The van der Waals surface area contributed by atoms with Gasteiger partial charge in [0.1, 0.15) is 17.3 Å². The molecule has 3 rings (SSSR count). The lowest BCUT2D eigenvalue weighted by atomic mass is 9.82. The summed E-state index contributed by atoms with van der Waals surface area (Å²) in [7, 11) is 0. The number of hydrogen-bond acceptors (Lipinski definition) is 2. The molecule has 0 saturated carbocycles. The minimum atomic E-state index is 0.417. The van der Waals surface area contributed by atoms with Crippen molar-refractivity contribution in [1.82, 2.24) is 14.5 Å². The molecule has 0 spiro atoms. The summed E-state index contributed by atoms with van der Waals surface area (Å²) < 4.78 is 1.89. The molecule has 0 aliphatic heterocycles. The molecule has 2 heterocycles. The van der Waals surface area contributed by atoms with Gasteiger partial charge >= 0.3 is 0 Å². The monoisotopic (exact) mass is 381 g/mol. The Labute approximate surface area is 167 Å². The molecular formula is C23H28ClN3. The van der Waals surface area contributed by atoms with Gasteiger partial charge in [-0.3, -0.25) is 4.57 Å². The topological polar surface area (TPSA) is 30.7 Å². The van der Waals surface area contributed by atoms with Crippen LogP contribution in [0.1, 0.15) is 76.0 Å². The first-order valence-electron chi connectivity index (χ1n) is 9.62. The highest BCUT2D eigenvalue weighted by molar-refractivity contribution is 6.29. The molecule has 0 N–H and O–H groups in total. The average Bonchev–Trinajstić information content (AvgIpc) is 3.14. The Bertz CT molecular complexity index is 896. The highest BCUT2D eigenvalue weighted by Crippen LogP contribution is 2.39. The molecule has 0 unspecified atom stereocenters. The third-order valence-electron chi connectivity index (χ3n) is 4.97. The Hall–Kier alpha value is -2.13. The molecule has 0 atom stereocenters. The van der Waals surface area contributed by atoms with Crippen molar-refractivity contribution < 1.29 is 0 Å². The summed E-state index contributed by atoms with van der Waals surface area (Å²) in [6.07, 6.45) is 5.38. The van der Waals surface area contributed by atoms with E-state index >= 15 is 0 Å². The van der Waals surface area contributed by atoms with Crippen molar-refractivity contribution in [3.05, 3.63) is 64.8 Å². The second kappa shape index (κ2) is 7.85. The number of imidazole rings is 1. The van der Waals surface area contributed by atoms with Crippen molar-refractivity contribution in [2.75, 3.05) is 0 Å². The standard InChI is InChI=1S/C23H28ClN3/c1-14(2)17-9-19(15(3)4)23(20(10-17)16(5)6)18-11-21(24)26-22(12-18)27-8-7-25-13-27/h7-16H,1-6H3. The van der Waals surface area contributed by atoms with Gasteiger partial charge in [0.25, 0.3) is 0 Å². The maximum atomic E-state index is 6.42. The van der Waals surface area contributed by atoms with Gasteiger partial charge in [0, 0.05) is 12.4 Å². The van der Waals surface area contributed by atoms with Gasteiger partial charge in [-0.2, -0.15) is 0 Å². The SMILES string of the molecule is CC(C)c1cc(C(C)C)c(-c2cc(Cl)nc(-n3ccnc3)c2)c(C(C)C)c1. The molecule has 27 heavy (non-hydrogen) atoms. The fourth-order valence-corrected chi connectivity index (χ4v) is 3.65. The highest BCUT2D eigenvalue weighted by Gasteiger charge is 2.19. The van der Waals surface area contributed by atoms with Crippen LogP contribution >= 0.6 is 11.6 Å². The normalized spacial score (nSPS) is 11.8. The molecule has 4 heteroatoms. The molecule has 142 valence electrons. The number of benzene rings is 1. The fourth-order valence-electron chi connectivity index (χ4n) is 3.44. The Morgan fingerprint density at radius 3 is 1.96 bits per heavy atom. The molecule has 2 aromatic heterocycles. The number of aromatic nitrogens is 3. The molecule has 0 aliphatic carbocycles. The summed E-state index contributed by atoms with van der Waals surface area (Å²) in [5.41, 5.74) is 6.52. The van der Waals surface area contributed by atoms with Crippen molar-refractivity contribution >= 4 is 11.6 Å². The minimum Gasteiger partial charge on any atom is -0.290 e. The first-order valence-corrected chi connectivity index (χ1v) is 9.99. The van der Waals surface area contributed by atoms with Crippen LogP contribution in [-0.4, -0.2) is 14.5 Å². The predicted molar refractivity (Wildman–Crippen MR) is 114 cm³/mol. The maximum absolute atomic E-state index is 6.42. The summed E-state index contributed by atoms with van der Waals surface area (Å²) in [6, 6.07) is 8.81. The zero-order valence-corrected chi connectivity index (χ0v) is 17.7. The van der Waals surface area contributed by atoms with Gasteiger partial charge < -0.3 is 0 Å². The minimum absolute atomic E-state index is 0.417. The van der Waals surface area contributed by atoms with E-state index < -0.39 is 0 Å². The average molecular weight is 382 g/mol. The van der Waals surface area contributed by atoms with E-state index in [2.05, 4.69) is 69.7 Å². The fraction of sp³-hybridized carbons (Fsp3) is 0.391. The molecule has 0 radical (unpaired) electrons. The first-order chi connectivity index (χ1) is 12.8. The van der Waals surface area contributed by atoms with Crippen LogP contribution in [0.3, 0.4) is 0 Å². The second-order valence-electron chi connectivity index (χ2n) is 8.05. The lowest BCUT2D eigenvalue weighted by molar-refractivity contribution is 0.807. The van der Waals surface area contributed by atoms with Crippen LogP contribution in [0.5, 0.6) is 0 Å². The van der Waals surface area contributed by atoms with E-state index in [0.29, 0.717) is 22.9 Å². The molecule has 0 fully saturated rings. The van der Waals surface area contributed by atoms with E-state index in [1.165, 1.54) is 22.3 Å². The van der Waals surface area contributed by atoms with Crippen LogP contribution in [-0.2, 0) is 0 Å².